The highest BCUT2D eigenvalue weighted by Crippen LogP contribution is 2.22. The van der Waals surface area contributed by atoms with Crippen molar-refractivity contribution in [1.29, 1.82) is 0 Å². The molecule has 0 aliphatic carbocycles. The highest BCUT2D eigenvalue weighted by molar-refractivity contribution is 6.03. The Hall–Kier alpha value is -3.38. The summed E-state index contributed by atoms with van der Waals surface area (Å²) in [5.74, 6) is 0.242. The third kappa shape index (κ3) is 6.06. The molecule has 0 radical (unpaired) electrons. The van der Waals surface area contributed by atoms with Gasteiger partial charge in [0.05, 0.1) is 7.11 Å². The molecule has 6 nitrogen and oxygen atoms in total. The Morgan fingerprint density at radius 2 is 1.68 bits per heavy atom. The van der Waals surface area contributed by atoms with Crippen molar-refractivity contribution in [3.8, 4) is 5.75 Å². The zero-order valence-corrected chi connectivity index (χ0v) is 18.0. The van der Waals surface area contributed by atoms with Crippen molar-refractivity contribution in [2.45, 2.75) is 32.2 Å². The van der Waals surface area contributed by atoms with E-state index in [1.165, 1.54) is 0 Å². The summed E-state index contributed by atoms with van der Waals surface area (Å²) in [5.41, 5.74) is 7.91. The average molecular weight is 420 g/mol. The molecule has 0 saturated carbocycles. The Morgan fingerprint density at radius 3 is 2.39 bits per heavy atom. The summed E-state index contributed by atoms with van der Waals surface area (Å²) in [7, 11) is 1.62. The lowest BCUT2D eigenvalue weighted by Gasteiger charge is -2.19. The fraction of sp³-hybridized carbons (Fsp3) is 0.280. The quantitative estimate of drug-likeness (QED) is 0.457. The van der Waals surface area contributed by atoms with Crippen molar-refractivity contribution in [3.05, 3.63) is 71.8 Å². The molecule has 31 heavy (non-hydrogen) atoms. The molecule has 1 atom stereocenters. The highest BCUT2D eigenvalue weighted by Gasteiger charge is 2.21. The third-order valence-electron chi connectivity index (χ3n) is 5.20. The van der Waals surface area contributed by atoms with Gasteiger partial charge in [-0.1, -0.05) is 29.8 Å². The van der Waals surface area contributed by atoms with E-state index >= 15 is 0 Å². The van der Waals surface area contributed by atoms with Gasteiger partial charge in [-0.25, -0.2) is 0 Å². The fourth-order valence-corrected chi connectivity index (χ4v) is 3.36. The van der Waals surface area contributed by atoms with Gasteiger partial charge in [-0.15, -0.1) is 0 Å². The van der Waals surface area contributed by atoms with Crippen molar-refractivity contribution < 1.29 is 14.3 Å². The number of nitrogens with one attached hydrogen (secondary N) is 2. The number of rotatable bonds is 9. The first-order chi connectivity index (χ1) is 15.0. The van der Waals surface area contributed by atoms with Crippen LogP contribution < -0.4 is 21.1 Å². The van der Waals surface area contributed by atoms with Crippen LogP contribution in [0, 0.1) is 6.92 Å². The monoisotopic (exact) mass is 419 g/mol. The fourth-order valence-electron chi connectivity index (χ4n) is 3.36. The van der Waals surface area contributed by atoms with Crippen LogP contribution in [0.1, 0.15) is 35.2 Å². The van der Waals surface area contributed by atoms with Crippen LogP contribution in [0.2, 0.25) is 0 Å². The lowest BCUT2D eigenvalue weighted by atomic mass is 10.0. The zero-order chi connectivity index (χ0) is 22.2. The first kappa shape index (κ1) is 22.3. The molecule has 0 aromatic heterocycles. The molecule has 6 heteroatoms. The van der Waals surface area contributed by atoms with E-state index < -0.39 is 6.04 Å². The molecule has 3 aromatic carbocycles. The number of aryl methyl sites for hydroxylation is 1. The van der Waals surface area contributed by atoms with E-state index in [4.69, 9.17) is 10.5 Å². The van der Waals surface area contributed by atoms with Gasteiger partial charge in [-0.2, -0.15) is 0 Å². The number of methoxy groups -OCH3 is 1. The maximum Gasteiger partial charge on any atom is 0.251 e. The zero-order valence-electron chi connectivity index (χ0n) is 18.0. The smallest absolute Gasteiger partial charge is 0.251 e. The third-order valence-corrected chi connectivity index (χ3v) is 5.20. The number of benzene rings is 3. The van der Waals surface area contributed by atoms with Gasteiger partial charge in [0.25, 0.3) is 5.91 Å². The first-order valence-electron chi connectivity index (χ1n) is 10.5. The van der Waals surface area contributed by atoms with Gasteiger partial charge in [0, 0.05) is 11.3 Å². The van der Waals surface area contributed by atoms with Gasteiger partial charge >= 0.3 is 0 Å². The summed E-state index contributed by atoms with van der Waals surface area (Å²) in [6.07, 6.45) is 2.06. The predicted molar refractivity (Wildman–Crippen MR) is 124 cm³/mol. The molecule has 162 valence electrons. The van der Waals surface area contributed by atoms with E-state index in [9.17, 15) is 9.59 Å². The predicted octanol–water partition coefficient (Wildman–Crippen LogP) is 4.02. The van der Waals surface area contributed by atoms with Crippen molar-refractivity contribution in [1.82, 2.24) is 5.32 Å². The molecule has 4 N–H and O–H groups in total. The second kappa shape index (κ2) is 10.6. The molecular weight excluding hydrogens is 390 g/mol. The second-order valence-corrected chi connectivity index (χ2v) is 7.59. The Balaban J connectivity index is 1.74. The number of carbonyl (C=O) groups excluding carboxylic acids is 2. The van der Waals surface area contributed by atoms with Gasteiger partial charge in [0.15, 0.2) is 0 Å². The molecule has 2 amide bonds. The van der Waals surface area contributed by atoms with E-state index in [1.807, 2.05) is 61.5 Å². The number of hydrogen-bond donors (Lipinski definition) is 3. The molecule has 0 spiro atoms. The number of fused-ring (bicyclic) bond motifs is 1. The van der Waals surface area contributed by atoms with Crippen LogP contribution in [0.3, 0.4) is 0 Å². The van der Waals surface area contributed by atoms with E-state index in [2.05, 4.69) is 10.6 Å². The molecule has 3 rings (SSSR count). The molecule has 0 aliphatic rings. The van der Waals surface area contributed by atoms with Crippen molar-refractivity contribution >= 4 is 28.3 Å². The lowest BCUT2D eigenvalue weighted by molar-refractivity contribution is -0.118. The minimum atomic E-state index is -0.646. The summed E-state index contributed by atoms with van der Waals surface area (Å²) in [4.78, 5) is 25.8. The van der Waals surface area contributed by atoms with E-state index in [-0.39, 0.29) is 11.8 Å². The number of amides is 2. The van der Waals surface area contributed by atoms with Crippen LogP contribution in [-0.4, -0.2) is 31.5 Å². The Labute approximate surface area is 182 Å². The standard InChI is InChI=1S/C25H29N3O3/c1-17-6-11-21(12-7-17)27-25(30)23(5-3-4-14-26)28-24(29)20-9-8-19-16-22(31-2)13-10-18(19)15-20/h6-13,15-16,23H,3-5,14,26H2,1-2H3,(H,27,30)(H,28,29)/t23-/m0/s1. The van der Waals surface area contributed by atoms with E-state index in [1.54, 1.807) is 13.2 Å². The minimum Gasteiger partial charge on any atom is -0.497 e. The first-order valence-corrected chi connectivity index (χ1v) is 10.5. The Morgan fingerprint density at radius 1 is 0.968 bits per heavy atom. The van der Waals surface area contributed by atoms with Crippen LogP contribution >= 0.6 is 0 Å². The van der Waals surface area contributed by atoms with Crippen LogP contribution in [0.15, 0.2) is 60.7 Å². The van der Waals surface area contributed by atoms with Crippen LogP contribution in [0.25, 0.3) is 10.8 Å². The molecule has 0 aliphatic heterocycles. The van der Waals surface area contributed by atoms with E-state index in [0.717, 1.165) is 34.9 Å². The van der Waals surface area contributed by atoms with Crippen LogP contribution in [0.5, 0.6) is 5.75 Å². The number of ether oxygens (including phenoxy) is 1. The molecule has 0 fully saturated rings. The summed E-state index contributed by atoms with van der Waals surface area (Å²) < 4.78 is 5.25. The normalized spacial score (nSPS) is 11.7. The summed E-state index contributed by atoms with van der Waals surface area (Å²) in [5, 5.41) is 7.70. The van der Waals surface area contributed by atoms with Crippen molar-refractivity contribution in [2.24, 2.45) is 5.73 Å². The number of anilines is 1. The van der Waals surface area contributed by atoms with Crippen LogP contribution in [-0.2, 0) is 4.79 Å². The lowest BCUT2D eigenvalue weighted by Crippen LogP contribution is -2.43. The number of nitrogens with two attached hydrogens (primary N) is 1. The van der Waals surface area contributed by atoms with Gasteiger partial charge in [-0.3, -0.25) is 9.59 Å². The Bertz CT molecular complexity index is 1050. The molecule has 0 saturated heterocycles. The molecule has 0 unspecified atom stereocenters. The minimum absolute atomic E-state index is 0.236. The number of unbranched alkanes of at least 4 members (excludes halogenated alkanes) is 1. The molecule has 0 heterocycles. The largest absolute Gasteiger partial charge is 0.497 e. The SMILES string of the molecule is COc1ccc2cc(C(=O)N[C@@H](CCCCN)C(=O)Nc3ccc(C)cc3)ccc2c1. The molecule has 0 bridgehead atoms. The number of carbonyl (C=O) groups is 2. The molecular formula is C25H29N3O3. The van der Waals surface area contributed by atoms with Gasteiger partial charge in [-0.05, 0) is 79.9 Å². The van der Waals surface area contributed by atoms with Gasteiger partial charge in [0.1, 0.15) is 11.8 Å². The summed E-state index contributed by atoms with van der Waals surface area (Å²) in [6.45, 7) is 2.54. The van der Waals surface area contributed by atoms with Crippen molar-refractivity contribution in [3.63, 3.8) is 0 Å². The topological polar surface area (TPSA) is 93.4 Å². The summed E-state index contributed by atoms with van der Waals surface area (Å²) in [6, 6.07) is 18.1. The maximum atomic E-state index is 12.9. The highest BCUT2D eigenvalue weighted by atomic mass is 16.5. The number of hydrogen-bond acceptors (Lipinski definition) is 4. The summed E-state index contributed by atoms with van der Waals surface area (Å²) >= 11 is 0. The van der Waals surface area contributed by atoms with Gasteiger partial charge in [0.2, 0.25) is 5.91 Å². The van der Waals surface area contributed by atoms with Gasteiger partial charge < -0.3 is 21.1 Å². The average Bonchev–Trinajstić information content (AvgIpc) is 2.79. The van der Waals surface area contributed by atoms with E-state index in [0.29, 0.717) is 24.2 Å². The van der Waals surface area contributed by atoms with Crippen LogP contribution in [0.4, 0.5) is 5.69 Å². The molecule has 3 aromatic rings. The second-order valence-electron chi connectivity index (χ2n) is 7.59. The van der Waals surface area contributed by atoms with Crippen molar-refractivity contribution in [2.75, 3.05) is 19.0 Å². The maximum absolute atomic E-state index is 12.9. The Kier molecular flexibility index (Phi) is 7.62.